The van der Waals surface area contributed by atoms with Crippen LogP contribution < -0.4 is 0 Å². The minimum atomic E-state index is -10.2. The molecule has 53 heavy (non-hydrogen) atoms. The number of carboxylic acid groups (broad SMARTS) is 1. The molecular weight excluding hydrogens is 875 g/mol. The van der Waals surface area contributed by atoms with Crippen molar-refractivity contribution >= 4 is 5.97 Å². The van der Waals surface area contributed by atoms with Crippen LogP contribution in [0.25, 0.3) is 0 Å². The summed E-state index contributed by atoms with van der Waals surface area (Å²) in [5, 5.41) is 7.88. The number of hydrogen-bond donors (Lipinski definition) is 1. The summed E-state index contributed by atoms with van der Waals surface area (Å²) in [6, 6.07) is 0. The van der Waals surface area contributed by atoms with Crippen LogP contribution in [0.1, 0.15) is 6.42 Å². The summed E-state index contributed by atoms with van der Waals surface area (Å²) in [6.07, 6.45) is -12.4. The van der Waals surface area contributed by atoms with E-state index in [0.29, 0.717) is 0 Å². The fraction of sp³-hybridized carbons (Fsp3) is 0.944. The van der Waals surface area contributed by atoms with Gasteiger partial charge in [-0.1, -0.05) is 0 Å². The molecule has 0 spiro atoms. The molecule has 1 N–H and O–H groups in total. The molecule has 0 radical (unpaired) electrons. The molecule has 0 saturated heterocycles. The average molecular weight is 878 g/mol. The van der Waals surface area contributed by atoms with Crippen LogP contribution >= 0.6 is 0 Å². The van der Waals surface area contributed by atoms with Crippen molar-refractivity contribution in [1.29, 1.82) is 0 Å². The highest BCUT2D eigenvalue weighted by Crippen LogP contribution is 2.70. The predicted molar refractivity (Wildman–Crippen MR) is 92.5 cm³/mol. The van der Waals surface area contributed by atoms with Gasteiger partial charge in [-0.05, 0) is 0 Å². The first kappa shape index (κ1) is 50.2. The fourth-order valence-electron chi connectivity index (χ4n) is 3.07. The van der Waals surface area contributed by atoms with Crippen LogP contribution in [-0.2, 0) is 4.79 Å². The topological polar surface area (TPSA) is 37.3 Å². The third-order valence-electron chi connectivity index (χ3n) is 6.32. The monoisotopic (exact) mass is 878 g/mol. The molecule has 0 aromatic carbocycles. The van der Waals surface area contributed by atoms with Crippen molar-refractivity contribution in [2.75, 3.05) is 0 Å². The van der Waals surface area contributed by atoms with Gasteiger partial charge in [0.2, 0.25) is 0 Å². The number of hydrogen-bond acceptors (Lipinski definition) is 1. The molecule has 0 aliphatic heterocycles. The average Bonchev–Trinajstić information content (AvgIpc) is 2.89. The maximum Gasteiger partial charge on any atom is 0.460 e. The van der Waals surface area contributed by atoms with Gasteiger partial charge in [0.1, 0.15) is 6.42 Å². The van der Waals surface area contributed by atoms with Crippen molar-refractivity contribution in [1.82, 2.24) is 0 Å². The minimum absolute atomic E-state index is 3.53. The van der Waals surface area contributed by atoms with E-state index in [0.717, 1.165) is 0 Å². The third kappa shape index (κ3) is 5.81. The van der Waals surface area contributed by atoms with Crippen molar-refractivity contribution in [2.24, 2.45) is 0 Å². The third-order valence-corrected chi connectivity index (χ3v) is 6.32. The smallest absolute Gasteiger partial charge is 0.460 e. The van der Waals surface area contributed by atoms with Gasteiger partial charge in [0.05, 0.1) is 0 Å². The van der Waals surface area contributed by atoms with E-state index in [9.17, 15) is 150 Å². The molecule has 318 valence electrons. The van der Waals surface area contributed by atoms with Gasteiger partial charge in [0.25, 0.3) is 0 Å². The highest BCUT2D eigenvalue weighted by molar-refractivity contribution is 5.68. The Morgan fingerprint density at radius 1 is 0.264 bits per heavy atom. The maximum absolute atomic E-state index is 13.8. The van der Waals surface area contributed by atoms with Crippen LogP contribution in [0, 0.1) is 0 Å². The van der Waals surface area contributed by atoms with Gasteiger partial charge in [-0.3, -0.25) is 4.79 Å². The number of carbonyl (C=O) groups is 1. The molecule has 0 aliphatic carbocycles. The molecule has 0 rings (SSSR count). The Bertz CT molecular complexity index is 1360. The number of alkyl halides is 33. The van der Waals surface area contributed by atoms with E-state index in [1.807, 2.05) is 0 Å². The Morgan fingerprint density at radius 2 is 0.396 bits per heavy atom. The number of carboxylic acids is 1. The van der Waals surface area contributed by atoms with Gasteiger partial charge < -0.3 is 5.11 Å². The zero-order chi connectivity index (χ0) is 44.3. The summed E-state index contributed by atoms with van der Waals surface area (Å²) in [4.78, 5) is 10.0. The molecule has 0 aromatic heterocycles. The minimum Gasteiger partial charge on any atom is -0.481 e. The second-order valence-electron chi connectivity index (χ2n) is 9.81. The summed E-state index contributed by atoms with van der Waals surface area (Å²) >= 11 is 0. The first-order valence-corrected chi connectivity index (χ1v) is 11.1. The Balaban J connectivity index is 7.73. The van der Waals surface area contributed by atoms with E-state index in [4.69, 9.17) is 5.11 Å². The summed E-state index contributed by atoms with van der Waals surface area (Å²) in [6.45, 7) is 0. The quantitative estimate of drug-likeness (QED) is 0.157. The van der Waals surface area contributed by atoms with Gasteiger partial charge >= 0.3 is 101 Å². The summed E-state index contributed by atoms with van der Waals surface area (Å²) in [5.41, 5.74) is 0. The van der Waals surface area contributed by atoms with Crippen molar-refractivity contribution in [3.05, 3.63) is 0 Å². The maximum atomic E-state index is 13.8. The molecule has 0 aromatic rings. The van der Waals surface area contributed by atoms with Crippen LogP contribution in [0.15, 0.2) is 0 Å². The van der Waals surface area contributed by atoms with Gasteiger partial charge in [0, 0.05) is 0 Å². The van der Waals surface area contributed by atoms with Gasteiger partial charge in [0.15, 0.2) is 0 Å². The van der Waals surface area contributed by atoms with Crippen molar-refractivity contribution in [2.45, 2.75) is 101 Å². The van der Waals surface area contributed by atoms with Crippen LogP contribution in [0.3, 0.4) is 0 Å². The summed E-state index contributed by atoms with van der Waals surface area (Å²) in [5.74, 6) is -148. The lowest BCUT2D eigenvalue weighted by Crippen LogP contribution is -2.80. The number of aliphatic carboxylic acids is 1. The molecule has 0 saturated carbocycles. The zero-order valence-corrected chi connectivity index (χ0v) is 22.5. The van der Waals surface area contributed by atoms with Crippen LogP contribution in [0.4, 0.5) is 145 Å². The molecule has 2 nitrogen and oxygen atoms in total. The molecule has 0 aliphatic rings. The summed E-state index contributed by atoms with van der Waals surface area (Å²) in [7, 11) is 0. The van der Waals surface area contributed by atoms with Crippen molar-refractivity contribution in [3.63, 3.8) is 0 Å². The largest absolute Gasteiger partial charge is 0.481 e. The zero-order valence-electron chi connectivity index (χ0n) is 22.5. The summed E-state index contributed by atoms with van der Waals surface area (Å²) < 4.78 is 442. The SMILES string of the molecule is O=C(O)CC(F)(F)C(F)(F)C(F)(F)C(F)(F)C(F)(F)C(F)(F)C(F)(F)C(F)(F)C(F)(F)C(F)(F)C(F)(F)C(F)(F)C(F)(F)C(F)(F)C(F)(F)C(F)(F)F. The second kappa shape index (κ2) is 12.1. The number of rotatable bonds is 16. The van der Waals surface area contributed by atoms with Crippen LogP contribution in [-0.4, -0.2) is 106 Å². The first-order chi connectivity index (χ1) is 22.2. The van der Waals surface area contributed by atoms with E-state index >= 15 is 0 Å². The van der Waals surface area contributed by atoms with Gasteiger partial charge in [-0.2, -0.15) is 145 Å². The molecule has 0 heterocycles. The molecule has 0 bridgehead atoms. The Hall–Kier alpha value is -2.84. The highest BCUT2D eigenvalue weighted by atomic mass is 19.4. The molecule has 0 unspecified atom stereocenters. The van der Waals surface area contributed by atoms with E-state index in [1.54, 1.807) is 0 Å². The van der Waals surface area contributed by atoms with E-state index < -0.39 is 107 Å². The predicted octanol–water partition coefficient (Wildman–Crippen LogP) is 10.6. The molecule has 35 heteroatoms. The van der Waals surface area contributed by atoms with Crippen LogP contribution in [0.5, 0.6) is 0 Å². The normalized spacial score (nSPS) is 17.0. The first-order valence-electron chi connectivity index (χ1n) is 11.1. The van der Waals surface area contributed by atoms with Crippen LogP contribution in [0.2, 0.25) is 0 Å². The second-order valence-corrected chi connectivity index (χ2v) is 9.81. The Kier molecular flexibility index (Phi) is 11.4. The Labute approximate surface area is 263 Å². The highest BCUT2D eigenvalue weighted by Gasteiger charge is 3.01. The van der Waals surface area contributed by atoms with Gasteiger partial charge in [-0.25, -0.2) is 0 Å². The lowest BCUT2D eigenvalue weighted by Gasteiger charge is -2.46. The lowest BCUT2D eigenvalue weighted by molar-refractivity contribution is -0.491. The number of halogens is 33. The standard InChI is InChI=1S/C18H3F33O2/c19-3(20,1-2(52)53)4(21,22)5(23,24)6(25,26)7(27,28)8(29,30)9(31,32)10(33,34)11(35,36)12(37,38)13(39,40)14(41,42)15(43,44)16(45,46)17(47,48)18(49,50)51/h1H2,(H,52,53). The van der Waals surface area contributed by atoms with Crippen molar-refractivity contribution in [3.8, 4) is 0 Å². The Morgan fingerprint density at radius 3 is 0.528 bits per heavy atom. The fourth-order valence-corrected chi connectivity index (χ4v) is 3.07. The van der Waals surface area contributed by atoms with E-state index in [2.05, 4.69) is 0 Å². The molecule has 0 amide bonds. The van der Waals surface area contributed by atoms with Crippen molar-refractivity contribution < 1.29 is 155 Å². The van der Waals surface area contributed by atoms with E-state index in [1.165, 1.54) is 0 Å². The molecular formula is C18H3F33O2. The van der Waals surface area contributed by atoms with Gasteiger partial charge in [-0.15, -0.1) is 0 Å². The molecule has 0 fully saturated rings. The van der Waals surface area contributed by atoms with E-state index in [-0.39, 0.29) is 0 Å². The lowest BCUT2D eigenvalue weighted by atomic mass is 9.82. The molecule has 0 atom stereocenters.